The number of aliphatic hydroxyl groups is 9. The molecule has 2 fully saturated rings. The van der Waals surface area contributed by atoms with Gasteiger partial charge < -0.3 is 84.2 Å². The number of benzene rings is 1. The lowest BCUT2D eigenvalue weighted by atomic mass is 9.96. The minimum absolute atomic E-state index is 0.0269. The summed E-state index contributed by atoms with van der Waals surface area (Å²) in [5.41, 5.74) is 0.330. The molecule has 0 radical (unpaired) electrons. The summed E-state index contributed by atoms with van der Waals surface area (Å²) in [4.78, 5) is 0. The third-order valence-electron chi connectivity index (χ3n) is 7.87. The van der Waals surface area contributed by atoms with Gasteiger partial charge in [0.15, 0.2) is 23.0 Å². The van der Waals surface area contributed by atoms with Crippen molar-refractivity contribution in [1.29, 1.82) is 0 Å². The Morgan fingerprint density at radius 3 is 1.72 bits per heavy atom. The third-order valence-corrected chi connectivity index (χ3v) is 7.87. The molecule has 2 saturated heterocycles. The van der Waals surface area contributed by atoms with Crippen LogP contribution >= 0.6 is 0 Å². The lowest BCUT2D eigenvalue weighted by Gasteiger charge is -2.41. The standard InChI is InChI=1S/C29H36O17/c1-40-15-3-10(4-16(41-2)20(15)33)27-17(44-29-26(39)24(37)22(35)19(9-31)46-29)7-12-13(42-27)5-11(32)6-14(12)43-28-25(38)23(36)21(34)18(8-30)45-28/h3-7,13,18-19,21-26,28-39H,8-9H2,1-2H3. The lowest BCUT2D eigenvalue weighted by Crippen LogP contribution is -2.59. The molecule has 1 aliphatic carbocycles. The minimum Gasteiger partial charge on any atom is -0.508 e. The van der Waals surface area contributed by atoms with E-state index in [1.807, 2.05) is 0 Å². The molecule has 0 amide bonds. The first-order valence-electron chi connectivity index (χ1n) is 14.1. The summed E-state index contributed by atoms with van der Waals surface area (Å²) in [6, 6.07) is 2.74. The minimum atomic E-state index is -1.82. The molecule has 0 spiro atoms. The van der Waals surface area contributed by atoms with E-state index in [4.69, 9.17) is 33.2 Å². The molecular formula is C29H36O17. The molecule has 3 heterocycles. The first-order chi connectivity index (χ1) is 21.9. The van der Waals surface area contributed by atoms with Gasteiger partial charge in [0.25, 0.3) is 0 Å². The highest BCUT2D eigenvalue weighted by Crippen LogP contribution is 2.44. The molecule has 5 rings (SSSR count). The number of methoxy groups -OCH3 is 2. The number of aliphatic hydroxyl groups excluding tert-OH is 9. The van der Waals surface area contributed by atoms with Gasteiger partial charge in [-0.15, -0.1) is 0 Å². The molecule has 46 heavy (non-hydrogen) atoms. The van der Waals surface area contributed by atoms with E-state index in [9.17, 15) is 51.1 Å². The Labute approximate surface area is 261 Å². The highest BCUT2D eigenvalue weighted by atomic mass is 16.7. The van der Waals surface area contributed by atoms with Crippen molar-refractivity contribution in [2.75, 3.05) is 27.4 Å². The molecule has 0 saturated carbocycles. The molecule has 1 aromatic rings. The van der Waals surface area contributed by atoms with Crippen molar-refractivity contribution in [3.8, 4) is 17.2 Å². The summed E-state index contributed by atoms with van der Waals surface area (Å²) >= 11 is 0. The molecule has 3 aliphatic heterocycles. The van der Waals surface area contributed by atoms with Crippen molar-refractivity contribution >= 4 is 5.76 Å². The molecule has 4 aliphatic rings. The molecule has 11 unspecified atom stereocenters. The first-order valence-corrected chi connectivity index (χ1v) is 14.1. The Kier molecular flexibility index (Phi) is 9.99. The average molecular weight is 657 g/mol. The van der Waals surface area contributed by atoms with Crippen LogP contribution in [0.1, 0.15) is 5.56 Å². The van der Waals surface area contributed by atoms with E-state index in [-0.39, 0.29) is 51.4 Å². The van der Waals surface area contributed by atoms with E-state index in [1.54, 1.807) is 0 Å². The van der Waals surface area contributed by atoms with Crippen LogP contribution in [0.2, 0.25) is 0 Å². The quantitative estimate of drug-likeness (QED) is 0.130. The van der Waals surface area contributed by atoms with Gasteiger partial charge in [-0.25, -0.2) is 0 Å². The zero-order chi connectivity index (χ0) is 33.4. The van der Waals surface area contributed by atoms with Gasteiger partial charge in [0.2, 0.25) is 18.3 Å². The molecule has 0 bridgehead atoms. The number of allylic oxidation sites excluding steroid dienone is 2. The fourth-order valence-corrected chi connectivity index (χ4v) is 5.30. The maximum Gasteiger partial charge on any atom is 0.229 e. The lowest BCUT2D eigenvalue weighted by molar-refractivity contribution is -0.291. The number of phenols is 1. The van der Waals surface area contributed by atoms with Gasteiger partial charge >= 0.3 is 0 Å². The van der Waals surface area contributed by atoms with Crippen molar-refractivity contribution < 1.29 is 84.2 Å². The second-order valence-corrected chi connectivity index (χ2v) is 10.8. The van der Waals surface area contributed by atoms with Gasteiger partial charge in [0, 0.05) is 23.3 Å². The zero-order valence-corrected chi connectivity index (χ0v) is 24.5. The summed E-state index contributed by atoms with van der Waals surface area (Å²) in [6.45, 7) is -1.45. The molecule has 10 N–H and O–H groups in total. The summed E-state index contributed by atoms with van der Waals surface area (Å²) in [5.74, 6) is -1.17. The van der Waals surface area contributed by atoms with Crippen molar-refractivity contribution in [3.63, 3.8) is 0 Å². The summed E-state index contributed by atoms with van der Waals surface area (Å²) in [6.07, 6.45) is -13.7. The zero-order valence-electron chi connectivity index (χ0n) is 24.5. The van der Waals surface area contributed by atoms with Crippen LogP contribution in [0.5, 0.6) is 17.2 Å². The topological polar surface area (TPSA) is 267 Å². The predicted molar refractivity (Wildman–Crippen MR) is 150 cm³/mol. The van der Waals surface area contributed by atoms with Gasteiger partial charge in [-0.3, -0.25) is 0 Å². The van der Waals surface area contributed by atoms with E-state index in [0.29, 0.717) is 0 Å². The molecule has 17 heteroatoms. The molecule has 254 valence electrons. The molecular weight excluding hydrogens is 620 g/mol. The average Bonchev–Trinajstić information content (AvgIpc) is 3.05. The van der Waals surface area contributed by atoms with E-state index in [2.05, 4.69) is 0 Å². The van der Waals surface area contributed by atoms with E-state index < -0.39 is 80.7 Å². The Balaban J connectivity index is 1.58. The van der Waals surface area contributed by atoms with Crippen LogP contribution in [-0.4, -0.2) is 146 Å². The van der Waals surface area contributed by atoms with E-state index >= 15 is 0 Å². The van der Waals surface area contributed by atoms with Crippen molar-refractivity contribution in [2.24, 2.45) is 0 Å². The molecule has 0 aromatic heterocycles. The van der Waals surface area contributed by atoms with Gasteiger partial charge in [0.1, 0.15) is 66.5 Å². The second-order valence-electron chi connectivity index (χ2n) is 10.8. The molecule has 1 aromatic carbocycles. The van der Waals surface area contributed by atoms with Crippen LogP contribution in [0.4, 0.5) is 0 Å². The van der Waals surface area contributed by atoms with Crippen LogP contribution in [0.15, 0.2) is 53.2 Å². The van der Waals surface area contributed by atoms with Crippen molar-refractivity contribution in [3.05, 3.63) is 58.8 Å². The first kappa shape index (κ1) is 33.7. The SMILES string of the molecule is COc1cc(C2=C(OC3OC(CO)C(O)C(O)C3O)C=C3C(OC4OC(CO)C(O)C(O)C4O)=CC(O)=CC3O2)cc(OC)c1O. The van der Waals surface area contributed by atoms with Crippen molar-refractivity contribution in [1.82, 2.24) is 0 Å². The Morgan fingerprint density at radius 1 is 0.696 bits per heavy atom. The Bertz CT molecular complexity index is 1370. The van der Waals surface area contributed by atoms with Gasteiger partial charge in [-0.1, -0.05) is 0 Å². The number of hydrogen-bond acceptors (Lipinski definition) is 17. The van der Waals surface area contributed by atoms with E-state index in [0.717, 1.165) is 6.08 Å². The largest absolute Gasteiger partial charge is 0.508 e. The maximum atomic E-state index is 10.7. The van der Waals surface area contributed by atoms with E-state index in [1.165, 1.54) is 38.5 Å². The Hall–Kier alpha value is -3.62. The maximum absolute atomic E-state index is 10.7. The number of aromatic hydroxyl groups is 1. The third kappa shape index (κ3) is 6.21. The van der Waals surface area contributed by atoms with Gasteiger partial charge in [0.05, 0.1) is 27.4 Å². The monoisotopic (exact) mass is 656 g/mol. The second kappa shape index (κ2) is 13.6. The normalized spacial score (nSPS) is 36.0. The van der Waals surface area contributed by atoms with Crippen molar-refractivity contribution in [2.45, 2.75) is 67.5 Å². The van der Waals surface area contributed by atoms with Crippen LogP contribution < -0.4 is 9.47 Å². The molecule has 17 nitrogen and oxygen atoms in total. The number of phenolic OH excluding ortho intramolecular Hbond substituents is 1. The fraction of sp³-hybridized carbons (Fsp3) is 0.517. The van der Waals surface area contributed by atoms with Crippen LogP contribution in [0.25, 0.3) is 5.76 Å². The number of ether oxygens (including phenoxy) is 7. The predicted octanol–water partition coefficient (Wildman–Crippen LogP) is -2.62. The smallest absolute Gasteiger partial charge is 0.229 e. The van der Waals surface area contributed by atoms with Crippen LogP contribution in [0.3, 0.4) is 0 Å². The fourth-order valence-electron chi connectivity index (χ4n) is 5.30. The van der Waals surface area contributed by atoms with Crippen LogP contribution in [0, 0.1) is 0 Å². The van der Waals surface area contributed by atoms with Gasteiger partial charge in [-0.05, 0) is 18.2 Å². The Morgan fingerprint density at radius 2 is 1.22 bits per heavy atom. The number of hydrogen-bond donors (Lipinski definition) is 10. The number of fused-ring (bicyclic) bond motifs is 1. The molecule has 11 atom stereocenters. The van der Waals surface area contributed by atoms with Gasteiger partial charge in [-0.2, -0.15) is 0 Å². The number of rotatable bonds is 9. The van der Waals surface area contributed by atoms with Crippen LogP contribution in [-0.2, 0) is 23.7 Å². The highest BCUT2D eigenvalue weighted by molar-refractivity contribution is 5.72. The summed E-state index contributed by atoms with van der Waals surface area (Å²) < 4.78 is 39.5. The summed E-state index contributed by atoms with van der Waals surface area (Å²) in [7, 11) is 2.60. The highest BCUT2D eigenvalue weighted by Gasteiger charge is 2.47. The summed E-state index contributed by atoms with van der Waals surface area (Å²) in [5, 5.41) is 102.